The number of aliphatic hydroxyl groups excluding tert-OH is 2. The van der Waals surface area contributed by atoms with E-state index in [0.717, 1.165) is 5.56 Å². The number of rotatable bonds is 9. The normalized spacial score (nSPS) is 22.5. The summed E-state index contributed by atoms with van der Waals surface area (Å²) in [6, 6.07) is 8.27. The number of carbonyl (C=O) groups is 1. The molecule has 2 aromatic heterocycles. The third kappa shape index (κ3) is 5.73. The van der Waals surface area contributed by atoms with Crippen LogP contribution in [0.1, 0.15) is 51.0 Å². The Kier molecular flexibility index (Phi) is 7.70. The lowest BCUT2D eigenvalue weighted by Gasteiger charge is -2.22. The Hall–Kier alpha value is -2.92. The van der Waals surface area contributed by atoms with Crippen molar-refractivity contribution < 1.29 is 19.7 Å². The number of fused-ring (bicyclic) bond motifs is 1. The van der Waals surface area contributed by atoms with E-state index in [4.69, 9.17) is 10.5 Å². The Bertz CT molecular complexity index is 1190. The van der Waals surface area contributed by atoms with Gasteiger partial charge in [0.2, 0.25) is 0 Å². The molecule has 3 aromatic rings. The van der Waals surface area contributed by atoms with E-state index in [9.17, 15) is 15.0 Å². The van der Waals surface area contributed by atoms with Gasteiger partial charge in [0, 0.05) is 19.4 Å². The third-order valence-corrected chi connectivity index (χ3v) is 6.71. The van der Waals surface area contributed by atoms with Crippen LogP contribution in [0, 0.1) is 0 Å². The fraction of sp³-hybridized carbons (Fsp3) is 0.538. The van der Waals surface area contributed by atoms with Crippen molar-refractivity contribution in [2.45, 2.75) is 70.0 Å². The monoisotopic (exact) mass is 496 g/mol. The molecule has 1 aliphatic rings. The molecule has 36 heavy (non-hydrogen) atoms. The van der Waals surface area contributed by atoms with Crippen LogP contribution in [-0.4, -0.2) is 78.9 Å². The number of ether oxygens (including phenoxy) is 1. The highest BCUT2D eigenvalue weighted by Crippen LogP contribution is 2.32. The van der Waals surface area contributed by atoms with Gasteiger partial charge in [-0.15, -0.1) is 0 Å². The molecule has 1 saturated heterocycles. The van der Waals surface area contributed by atoms with Crippen LogP contribution in [0.3, 0.4) is 0 Å². The SMILES string of the molecule is CN(CCCC(=O)Cc1ccc(C(C)(C)C)cc1)C[C@H]1O[C@@H](n2cnc3c(N)ncnc32)[C@H](O)[C@@H]1O. The van der Waals surface area contributed by atoms with Crippen molar-refractivity contribution >= 4 is 22.8 Å². The van der Waals surface area contributed by atoms with Crippen molar-refractivity contribution in [2.75, 3.05) is 25.9 Å². The lowest BCUT2D eigenvalue weighted by molar-refractivity contribution is -0.118. The first-order valence-electron chi connectivity index (χ1n) is 12.3. The molecule has 0 aliphatic carbocycles. The van der Waals surface area contributed by atoms with Crippen molar-refractivity contribution in [1.82, 2.24) is 24.4 Å². The minimum absolute atomic E-state index is 0.0920. The van der Waals surface area contributed by atoms with Crippen LogP contribution >= 0.6 is 0 Å². The number of nitrogens with two attached hydrogens (primary N) is 1. The average Bonchev–Trinajstić information content (AvgIpc) is 3.36. The number of hydrogen-bond acceptors (Lipinski definition) is 9. The molecule has 194 valence electrons. The number of aromatic nitrogens is 4. The van der Waals surface area contributed by atoms with Crippen molar-refractivity contribution in [2.24, 2.45) is 0 Å². The molecule has 1 aliphatic heterocycles. The largest absolute Gasteiger partial charge is 0.387 e. The fourth-order valence-electron chi connectivity index (χ4n) is 4.55. The lowest BCUT2D eigenvalue weighted by atomic mass is 9.86. The Morgan fingerprint density at radius 2 is 1.86 bits per heavy atom. The van der Waals surface area contributed by atoms with Crippen LogP contribution in [0.15, 0.2) is 36.9 Å². The summed E-state index contributed by atoms with van der Waals surface area (Å²) < 4.78 is 7.57. The first-order valence-corrected chi connectivity index (χ1v) is 12.3. The predicted molar refractivity (Wildman–Crippen MR) is 136 cm³/mol. The molecule has 3 heterocycles. The second-order valence-electron chi connectivity index (χ2n) is 10.7. The van der Waals surface area contributed by atoms with Crippen LogP contribution in [-0.2, 0) is 21.4 Å². The first kappa shape index (κ1) is 26.2. The van der Waals surface area contributed by atoms with E-state index in [1.54, 1.807) is 4.57 Å². The van der Waals surface area contributed by atoms with Crippen LogP contribution in [0.4, 0.5) is 5.82 Å². The highest BCUT2D eigenvalue weighted by atomic mass is 16.6. The van der Waals surface area contributed by atoms with Crippen LogP contribution in [0.25, 0.3) is 11.2 Å². The van der Waals surface area contributed by atoms with Gasteiger partial charge in [0.1, 0.15) is 35.9 Å². The number of ketones is 1. The van der Waals surface area contributed by atoms with Crippen molar-refractivity contribution in [1.29, 1.82) is 0 Å². The standard InChI is InChI=1S/C26H36N6O4/c1-26(2,3)17-9-7-16(8-10-17)12-18(33)6-5-11-31(4)13-19-21(34)22(35)25(36-19)32-15-30-20-23(27)28-14-29-24(20)32/h7-10,14-15,19,21-22,25,34-35H,5-6,11-13H2,1-4H3,(H2,27,28,29)/t19-,21-,22-,25-/m1/s1. The zero-order valence-electron chi connectivity index (χ0n) is 21.3. The summed E-state index contributed by atoms with van der Waals surface area (Å²) in [4.78, 5) is 26.8. The van der Waals surface area contributed by atoms with Gasteiger partial charge in [-0.3, -0.25) is 9.36 Å². The Morgan fingerprint density at radius 1 is 1.14 bits per heavy atom. The summed E-state index contributed by atoms with van der Waals surface area (Å²) in [5, 5.41) is 21.2. The number of aliphatic hydroxyl groups is 2. The molecule has 4 atom stereocenters. The number of hydrogen-bond donors (Lipinski definition) is 3. The van der Waals surface area contributed by atoms with Crippen LogP contribution < -0.4 is 5.73 Å². The number of benzene rings is 1. The van der Waals surface area contributed by atoms with E-state index in [2.05, 4.69) is 47.9 Å². The summed E-state index contributed by atoms with van der Waals surface area (Å²) in [6.45, 7) is 7.59. The summed E-state index contributed by atoms with van der Waals surface area (Å²) in [7, 11) is 1.91. The number of nitrogen functional groups attached to an aromatic ring is 1. The number of imidazole rings is 1. The topological polar surface area (TPSA) is 140 Å². The number of carbonyl (C=O) groups excluding carboxylic acids is 1. The molecule has 10 heteroatoms. The van der Waals surface area contributed by atoms with Crippen molar-refractivity contribution in [3.8, 4) is 0 Å². The molecule has 0 unspecified atom stereocenters. The molecule has 0 saturated carbocycles. The number of anilines is 1. The molecule has 0 amide bonds. The second-order valence-corrected chi connectivity index (χ2v) is 10.7. The van der Waals surface area contributed by atoms with Crippen LogP contribution in [0.2, 0.25) is 0 Å². The maximum Gasteiger partial charge on any atom is 0.167 e. The Balaban J connectivity index is 1.25. The molecular formula is C26H36N6O4. The van der Waals surface area contributed by atoms with Gasteiger partial charge >= 0.3 is 0 Å². The minimum atomic E-state index is -1.15. The predicted octanol–water partition coefficient (Wildman–Crippen LogP) is 1.85. The molecule has 4 N–H and O–H groups in total. The van der Waals surface area contributed by atoms with E-state index in [-0.39, 0.29) is 17.0 Å². The van der Waals surface area contributed by atoms with Gasteiger partial charge in [-0.25, -0.2) is 15.0 Å². The van der Waals surface area contributed by atoms with Gasteiger partial charge in [-0.2, -0.15) is 0 Å². The number of nitrogens with zero attached hydrogens (tertiary/aromatic N) is 5. The molecular weight excluding hydrogens is 460 g/mol. The molecule has 1 aromatic carbocycles. The second kappa shape index (κ2) is 10.6. The molecule has 10 nitrogen and oxygen atoms in total. The molecule has 0 bridgehead atoms. The van der Waals surface area contributed by atoms with Gasteiger partial charge in [0.25, 0.3) is 0 Å². The zero-order valence-corrected chi connectivity index (χ0v) is 21.3. The van der Waals surface area contributed by atoms with E-state index in [1.165, 1.54) is 18.2 Å². The summed E-state index contributed by atoms with van der Waals surface area (Å²) in [5.41, 5.74) is 9.07. The zero-order chi connectivity index (χ0) is 26.0. The smallest absolute Gasteiger partial charge is 0.167 e. The van der Waals surface area contributed by atoms with E-state index < -0.39 is 24.5 Å². The summed E-state index contributed by atoms with van der Waals surface area (Å²) in [5.74, 6) is 0.437. The van der Waals surface area contributed by atoms with Gasteiger partial charge in [0.15, 0.2) is 17.7 Å². The van der Waals surface area contributed by atoms with Gasteiger partial charge in [-0.1, -0.05) is 45.0 Å². The number of Topliss-reactive ketones (excluding diaryl/α,β-unsaturated/α-hetero) is 1. The van der Waals surface area contributed by atoms with Crippen LogP contribution in [0.5, 0.6) is 0 Å². The Morgan fingerprint density at radius 3 is 2.56 bits per heavy atom. The molecule has 4 rings (SSSR count). The van der Waals surface area contributed by atoms with E-state index >= 15 is 0 Å². The highest BCUT2D eigenvalue weighted by molar-refractivity contribution is 5.81. The Labute approximate surface area is 211 Å². The van der Waals surface area contributed by atoms with E-state index in [1.807, 2.05) is 24.1 Å². The molecule has 0 spiro atoms. The van der Waals surface area contributed by atoms with Crippen molar-refractivity contribution in [3.05, 3.63) is 48.0 Å². The summed E-state index contributed by atoms with van der Waals surface area (Å²) >= 11 is 0. The highest BCUT2D eigenvalue weighted by Gasteiger charge is 2.44. The maximum atomic E-state index is 12.5. The first-order chi connectivity index (χ1) is 17.0. The summed E-state index contributed by atoms with van der Waals surface area (Å²) in [6.07, 6.45) is 0.729. The fourth-order valence-corrected chi connectivity index (χ4v) is 4.55. The van der Waals surface area contributed by atoms with E-state index in [0.29, 0.717) is 43.5 Å². The molecule has 1 fully saturated rings. The quantitative estimate of drug-likeness (QED) is 0.405. The van der Waals surface area contributed by atoms with Gasteiger partial charge in [0.05, 0.1) is 6.33 Å². The lowest BCUT2D eigenvalue weighted by Crippen LogP contribution is -2.39. The minimum Gasteiger partial charge on any atom is -0.387 e. The van der Waals surface area contributed by atoms with Crippen molar-refractivity contribution in [3.63, 3.8) is 0 Å². The average molecular weight is 497 g/mol. The van der Waals surface area contributed by atoms with Gasteiger partial charge in [-0.05, 0) is 36.6 Å². The number of likely N-dealkylation sites (N-methyl/N-ethyl adjacent to an activating group) is 1. The van der Waals surface area contributed by atoms with Gasteiger partial charge < -0.3 is 25.6 Å². The molecule has 0 radical (unpaired) electrons. The third-order valence-electron chi connectivity index (χ3n) is 6.71. The maximum absolute atomic E-state index is 12.5.